The highest BCUT2D eigenvalue weighted by atomic mass is 16.5. The molecule has 106 valence electrons. The summed E-state index contributed by atoms with van der Waals surface area (Å²) in [4.78, 5) is 0. The first-order valence-electron chi connectivity index (χ1n) is 6.31. The second kappa shape index (κ2) is 7.94. The van der Waals surface area contributed by atoms with Gasteiger partial charge in [-0.15, -0.1) is 6.58 Å². The maximum absolute atomic E-state index is 9.74. The van der Waals surface area contributed by atoms with Gasteiger partial charge in [-0.3, -0.25) is 0 Å². The van der Waals surface area contributed by atoms with Crippen molar-refractivity contribution in [2.45, 2.75) is 12.5 Å². The number of aliphatic hydroxyl groups excluding tert-OH is 3. The highest BCUT2D eigenvalue weighted by Gasteiger charge is 2.25. The van der Waals surface area contributed by atoms with E-state index in [1.807, 2.05) is 24.3 Å². The molecule has 0 saturated carbocycles. The molecule has 4 heteroatoms. The standard InChI is InChI=1S/C15H22O4/c1-3-14(15(18)10-17)12(9-16)7-11-5-4-6-13(8-11)19-2/h3-6,8,12,14-18H,1,7,9-10H2,2H3/t12-,14+,15-/m1/s1. The van der Waals surface area contributed by atoms with Crippen LogP contribution in [0.4, 0.5) is 0 Å². The van der Waals surface area contributed by atoms with Gasteiger partial charge in [-0.2, -0.15) is 0 Å². The van der Waals surface area contributed by atoms with Crippen molar-refractivity contribution in [3.8, 4) is 5.75 Å². The topological polar surface area (TPSA) is 69.9 Å². The Bertz CT molecular complexity index is 391. The lowest BCUT2D eigenvalue weighted by molar-refractivity contribution is 0.0290. The molecule has 1 aromatic rings. The van der Waals surface area contributed by atoms with E-state index >= 15 is 0 Å². The fraction of sp³-hybridized carbons (Fsp3) is 0.467. The molecule has 0 aromatic heterocycles. The first kappa shape index (κ1) is 15.7. The van der Waals surface area contributed by atoms with Gasteiger partial charge in [0.25, 0.3) is 0 Å². The molecule has 0 radical (unpaired) electrons. The van der Waals surface area contributed by atoms with Gasteiger partial charge in [0.15, 0.2) is 0 Å². The van der Waals surface area contributed by atoms with E-state index in [0.717, 1.165) is 11.3 Å². The molecule has 0 heterocycles. The third kappa shape index (κ3) is 4.35. The average Bonchev–Trinajstić information content (AvgIpc) is 2.46. The molecule has 0 saturated heterocycles. The lowest BCUT2D eigenvalue weighted by atomic mass is 9.84. The van der Waals surface area contributed by atoms with E-state index < -0.39 is 6.10 Å². The van der Waals surface area contributed by atoms with Gasteiger partial charge in [-0.05, 0) is 30.0 Å². The highest BCUT2D eigenvalue weighted by molar-refractivity contribution is 5.28. The van der Waals surface area contributed by atoms with Gasteiger partial charge in [0.2, 0.25) is 0 Å². The molecule has 0 aliphatic heterocycles. The molecule has 0 aliphatic carbocycles. The van der Waals surface area contributed by atoms with E-state index in [2.05, 4.69) is 6.58 Å². The monoisotopic (exact) mass is 266 g/mol. The van der Waals surface area contributed by atoms with Gasteiger partial charge in [0.1, 0.15) is 5.75 Å². The van der Waals surface area contributed by atoms with Crippen molar-refractivity contribution >= 4 is 0 Å². The normalized spacial score (nSPS) is 15.6. The molecule has 3 N–H and O–H groups in total. The summed E-state index contributed by atoms with van der Waals surface area (Å²) in [7, 11) is 1.60. The quantitative estimate of drug-likeness (QED) is 0.614. The van der Waals surface area contributed by atoms with Crippen molar-refractivity contribution in [3.05, 3.63) is 42.5 Å². The largest absolute Gasteiger partial charge is 0.497 e. The zero-order valence-electron chi connectivity index (χ0n) is 11.2. The van der Waals surface area contributed by atoms with Crippen molar-refractivity contribution in [2.75, 3.05) is 20.3 Å². The summed E-state index contributed by atoms with van der Waals surface area (Å²) in [5.74, 6) is 0.222. The molecule has 4 nitrogen and oxygen atoms in total. The second-order valence-electron chi connectivity index (χ2n) is 4.56. The molecule has 1 rings (SSSR count). The lowest BCUT2D eigenvalue weighted by Gasteiger charge is -2.26. The minimum atomic E-state index is -0.903. The number of ether oxygens (including phenoxy) is 1. The number of hydrogen-bond donors (Lipinski definition) is 3. The SMILES string of the molecule is C=C[C@@H]([C@@H](CO)Cc1cccc(OC)c1)[C@H](O)CO. The minimum Gasteiger partial charge on any atom is -0.497 e. The number of aliphatic hydroxyl groups is 3. The molecule has 0 fully saturated rings. The molecular formula is C15H22O4. The van der Waals surface area contributed by atoms with Crippen LogP contribution in [-0.2, 0) is 6.42 Å². The summed E-state index contributed by atoms with van der Waals surface area (Å²) in [5.41, 5.74) is 1.01. The van der Waals surface area contributed by atoms with Crippen LogP contribution < -0.4 is 4.74 Å². The third-order valence-corrected chi connectivity index (χ3v) is 3.31. The predicted octanol–water partition coefficient (Wildman–Crippen LogP) is 1.00. The Morgan fingerprint density at radius 1 is 1.32 bits per heavy atom. The Labute approximate surface area is 114 Å². The van der Waals surface area contributed by atoms with Crippen LogP contribution in [0.3, 0.4) is 0 Å². The van der Waals surface area contributed by atoms with Crippen LogP contribution in [0.15, 0.2) is 36.9 Å². The summed E-state index contributed by atoms with van der Waals surface area (Å²) in [6.45, 7) is 3.25. The van der Waals surface area contributed by atoms with E-state index in [9.17, 15) is 10.2 Å². The van der Waals surface area contributed by atoms with Gasteiger partial charge < -0.3 is 20.1 Å². The molecule has 3 atom stereocenters. The number of benzene rings is 1. The Balaban J connectivity index is 2.82. The van der Waals surface area contributed by atoms with E-state index in [4.69, 9.17) is 9.84 Å². The van der Waals surface area contributed by atoms with Gasteiger partial charge in [-0.25, -0.2) is 0 Å². The van der Waals surface area contributed by atoms with Crippen molar-refractivity contribution < 1.29 is 20.1 Å². The number of hydrogen-bond acceptors (Lipinski definition) is 4. The summed E-state index contributed by atoms with van der Waals surface area (Å²) < 4.78 is 5.15. The fourth-order valence-corrected chi connectivity index (χ4v) is 2.21. The van der Waals surface area contributed by atoms with Crippen LogP contribution in [0.1, 0.15) is 5.56 Å². The molecular weight excluding hydrogens is 244 g/mol. The Morgan fingerprint density at radius 3 is 2.58 bits per heavy atom. The Morgan fingerprint density at radius 2 is 2.05 bits per heavy atom. The predicted molar refractivity (Wildman–Crippen MR) is 74.1 cm³/mol. The lowest BCUT2D eigenvalue weighted by Crippen LogP contribution is -2.32. The molecule has 0 spiro atoms. The zero-order valence-corrected chi connectivity index (χ0v) is 11.2. The van der Waals surface area contributed by atoms with Crippen molar-refractivity contribution in [3.63, 3.8) is 0 Å². The maximum Gasteiger partial charge on any atom is 0.119 e. The van der Waals surface area contributed by atoms with E-state index in [-0.39, 0.29) is 25.0 Å². The van der Waals surface area contributed by atoms with Crippen LogP contribution in [-0.4, -0.2) is 41.7 Å². The highest BCUT2D eigenvalue weighted by Crippen LogP contribution is 2.23. The van der Waals surface area contributed by atoms with Crippen molar-refractivity contribution in [1.29, 1.82) is 0 Å². The van der Waals surface area contributed by atoms with E-state index in [1.165, 1.54) is 0 Å². The smallest absolute Gasteiger partial charge is 0.119 e. The molecule has 0 unspecified atom stereocenters. The van der Waals surface area contributed by atoms with Crippen LogP contribution in [0.2, 0.25) is 0 Å². The molecule has 19 heavy (non-hydrogen) atoms. The Kier molecular flexibility index (Phi) is 6.56. The van der Waals surface area contributed by atoms with Crippen LogP contribution in [0, 0.1) is 11.8 Å². The number of rotatable bonds is 8. The van der Waals surface area contributed by atoms with Crippen LogP contribution in [0.25, 0.3) is 0 Å². The summed E-state index contributed by atoms with van der Waals surface area (Å²) in [5, 5.41) is 28.3. The molecule has 0 aliphatic rings. The summed E-state index contributed by atoms with van der Waals surface area (Å²) in [6.07, 6.45) is 1.27. The van der Waals surface area contributed by atoms with Gasteiger partial charge in [0, 0.05) is 12.5 Å². The minimum absolute atomic E-state index is 0.0784. The second-order valence-corrected chi connectivity index (χ2v) is 4.56. The van der Waals surface area contributed by atoms with Crippen molar-refractivity contribution in [1.82, 2.24) is 0 Å². The van der Waals surface area contributed by atoms with Crippen molar-refractivity contribution in [2.24, 2.45) is 11.8 Å². The van der Waals surface area contributed by atoms with E-state index in [0.29, 0.717) is 6.42 Å². The first-order valence-corrected chi connectivity index (χ1v) is 6.31. The van der Waals surface area contributed by atoms with Gasteiger partial charge in [-0.1, -0.05) is 18.2 Å². The Hall–Kier alpha value is -1.36. The van der Waals surface area contributed by atoms with Crippen LogP contribution >= 0.6 is 0 Å². The first-order chi connectivity index (χ1) is 9.15. The number of methoxy groups -OCH3 is 1. The van der Waals surface area contributed by atoms with Gasteiger partial charge in [0.05, 0.1) is 19.8 Å². The molecule has 0 bridgehead atoms. The average molecular weight is 266 g/mol. The van der Waals surface area contributed by atoms with Gasteiger partial charge >= 0.3 is 0 Å². The fourth-order valence-electron chi connectivity index (χ4n) is 2.21. The molecule has 0 amide bonds. The van der Waals surface area contributed by atoms with E-state index in [1.54, 1.807) is 13.2 Å². The zero-order chi connectivity index (χ0) is 14.3. The molecule has 1 aromatic carbocycles. The summed E-state index contributed by atoms with van der Waals surface area (Å²) >= 11 is 0. The summed E-state index contributed by atoms with van der Waals surface area (Å²) in [6, 6.07) is 7.57. The van der Waals surface area contributed by atoms with Crippen LogP contribution in [0.5, 0.6) is 5.75 Å². The third-order valence-electron chi connectivity index (χ3n) is 3.31. The maximum atomic E-state index is 9.74.